The predicted molar refractivity (Wildman–Crippen MR) is 69.6 cm³/mol. The molecular formula is C12H24N4. The van der Waals surface area contributed by atoms with Crippen molar-refractivity contribution in [3.8, 4) is 0 Å². The maximum absolute atomic E-state index is 5.59. The first-order valence-corrected chi connectivity index (χ1v) is 5.96. The Balaban J connectivity index is 2.25. The van der Waals surface area contributed by atoms with Crippen molar-refractivity contribution in [2.24, 2.45) is 10.7 Å². The quantitative estimate of drug-likeness (QED) is 0.722. The largest absolute Gasteiger partial charge is 0.384 e. The van der Waals surface area contributed by atoms with Crippen molar-refractivity contribution in [2.75, 3.05) is 33.7 Å². The second-order valence-electron chi connectivity index (χ2n) is 4.52. The van der Waals surface area contributed by atoms with E-state index in [0.717, 1.165) is 25.7 Å². The number of hydrogen-bond donors (Lipinski definition) is 1. The van der Waals surface area contributed by atoms with Crippen LogP contribution in [0.5, 0.6) is 0 Å². The SMILES string of the molecule is C/C=C(N)\N=C/CN1CCC(N(C)C)CC1. The molecule has 0 aromatic rings. The average molecular weight is 224 g/mol. The Labute approximate surface area is 98.8 Å². The van der Waals surface area contributed by atoms with Gasteiger partial charge in [-0.1, -0.05) is 0 Å². The van der Waals surface area contributed by atoms with Crippen LogP contribution in [0.1, 0.15) is 19.8 Å². The summed E-state index contributed by atoms with van der Waals surface area (Å²) in [6, 6.07) is 0.744. The fraction of sp³-hybridized carbons (Fsp3) is 0.750. The maximum atomic E-state index is 5.59. The molecule has 0 aromatic heterocycles. The van der Waals surface area contributed by atoms with Gasteiger partial charge in [0.05, 0.1) is 0 Å². The molecule has 1 heterocycles. The van der Waals surface area contributed by atoms with E-state index in [1.165, 1.54) is 12.8 Å². The topological polar surface area (TPSA) is 44.9 Å². The highest BCUT2D eigenvalue weighted by atomic mass is 15.2. The summed E-state index contributed by atoms with van der Waals surface area (Å²) in [6.07, 6.45) is 6.22. The molecule has 0 spiro atoms. The molecule has 1 fully saturated rings. The van der Waals surface area contributed by atoms with E-state index in [9.17, 15) is 0 Å². The van der Waals surface area contributed by atoms with Crippen molar-refractivity contribution in [3.63, 3.8) is 0 Å². The molecule has 1 saturated heterocycles. The fourth-order valence-corrected chi connectivity index (χ4v) is 1.95. The highest BCUT2D eigenvalue weighted by molar-refractivity contribution is 5.61. The molecular weight excluding hydrogens is 200 g/mol. The van der Waals surface area contributed by atoms with E-state index in [2.05, 4.69) is 28.9 Å². The van der Waals surface area contributed by atoms with E-state index < -0.39 is 0 Å². The summed E-state index contributed by atoms with van der Waals surface area (Å²) in [5, 5.41) is 0. The summed E-state index contributed by atoms with van der Waals surface area (Å²) in [5.74, 6) is 0.600. The van der Waals surface area contributed by atoms with Gasteiger partial charge in [-0.05, 0) is 39.9 Å². The third kappa shape index (κ3) is 4.33. The van der Waals surface area contributed by atoms with Crippen LogP contribution in [-0.4, -0.2) is 55.8 Å². The highest BCUT2D eigenvalue weighted by Gasteiger charge is 2.19. The van der Waals surface area contributed by atoms with Crippen molar-refractivity contribution in [1.29, 1.82) is 0 Å². The van der Waals surface area contributed by atoms with Gasteiger partial charge in [-0.15, -0.1) is 0 Å². The molecule has 0 unspecified atom stereocenters. The summed E-state index contributed by atoms with van der Waals surface area (Å²) in [5.41, 5.74) is 5.59. The second-order valence-corrected chi connectivity index (χ2v) is 4.52. The third-order valence-electron chi connectivity index (χ3n) is 3.16. The van der Waals surface area contributed by atoms with Gasteiger partial charge in [0.25, 0.3) is 0 Å². The van der Waals surface area contributed by atoms with Gasteiger partial charge in [-0.2, -0.15) is 0 Å². The molecule has 0 aromatic carbocycles. The van der Waals surface area contributed by atoms with Gasteiger partial charge < -0.3 is 10.6 Å². The molecule has 0 saturated carbocycles. The molecule has 4 nitrogen and oxygen atoms in total. The van der Waals surface area contributed by atoms with Crippen molar-refractivity contribution in [3.05, 3.63) is 11.9 Å². The van der Waals surface area contributed by atoms with Gasteiger partial charge in [0.1, 0.15) is 5.82 Å². The Morgan fingerprint density at radius 2 is 2.06 bits per heavy atom. The van der Waals surface area contributed by atoms with Gasteiger partial charge >= 0.3 is 0 Å². The number of nitrogens with two attached hydrogens (primary N) is 1. The van der Waals surface area contributed by atoms with E-state index >= 15 is 0 Å². The molecule has 92 valence electrons. The minimum absolute atomic E-state index is 0.600. The van der Waals surface area contributed by atoms with Gasteiger partial charge in [0, 0.05) is 31.9 Å². The summed E-state index contributed by atoms with van der Waals surface area (Å²) in [4.78, 5) is 8.90. The van der Waals surface area contributed by atoms with Crippen LogP contribution in [0.25, 0.3) is 0 Å². The maximum Gasteiger partial charge on any atom is 0.118 e. The van der Waals surface area contributed by atoms with Crippen LogP contribution in [-0.2, 0) is 0 Å². The van der Waals surface area contributed by atoms with Crippen LogP contribution in [0, 0.1) is 0 Å². The average Bonchev–Trinajstić information content (AvgIpc) is 2.29. The number of hydrogen-bond acceptors (Lipinski definition) is 4. The molecule has 2 N–H and O–H groups in total. The normalized spacial score (nSPS) is 21.1. The van der Waals surface area contributed by atoms with Crippen molar-refractivity contribution in [1.82, 2.24) is 9.80 Å². The third-order valence-corrected chi connectivity index (χ3v) is 3.16. The molecule has 0 atom stereocenters. The van der Waals surface area contributed by atoms with Crippen LogP contribution in [0.15, 0.2) is 16.9 Å². The van der Waals surface area contributed by atoms with E-state index in [1.807, 2.05) is 19.2 Å². The number of nitrogens with zero attached hydrogens (tertiary/aromatic N) is 3. The van der Waals surface area contributed by atoms with Crippen LogP contribution in [0.3, 0.4) is 0 Å². The first kappa shape index (κ1) is 13.2. The molecule has 16 heavy (non-hydrogen) atoms. The zero-order chi connectivity index (χ0) is 12.0. The van der Waals surface area contributed by atoms with Gasteiger partial charge in [0.15, 0.2) is 0 Å². The summed E-state index contributed by atoms with van der Waals surface area (Å²) < 4.78 is 0. The van der Waals surface area contributed by atoms with Crippen molar-refractivity contribution < 1.29 is 0 Å². The lowest BCUT2D eigenvalue weighted by molar-refractivity contribution is 0.159. The first-order valence-electron chi connectivity index (χ1n) is 5.96. The molecule has 0 radical (unpaired) electrons. The van der Waals surface area contributed by atoms with Gasteiger partial charge in [-0.25, -0.2) is 4.99 Å². The van der Waals surface area contributed by atoms with E-state index in [0.29, 0.717) is 5.82 Å². The molecule has 1 aliphatic rings. The zero-order valence-corrected chi connectivity index (χ0v) is 10.7. The van der Waals surface area contributed by atoms with E-state index in [-0.39, 0.29) is 0 Å². The summed E-state index contributed by atoms with van der Waals surface area (Å²) in [6.45, 7) is 5.12. The standard InChI is InChI=1S/C12H24N4/c1-4-12(13)14-7-10-16-8-5-11(6-9-16)15(2)3/h4,7,11H,5-6,8-10,13H2,1-3H3/b12-4-,14-7-. The molecule has 0 aliphatic carbocycles. The number of likely N-dealkylation sites (tertiary alicyclic amines) is 1. The molecule has 0 bridgehead atoms. The minimum Gasteiger partial charge on any atom is -0.384 e. The Kier molecular flexibility index (Phi) is 5.49. The number of aliphatic imine (C=N–C) groups is 1. The lowest BCUT2D eigenvalue weighted by Crippen LogP contribution is -2.42. The predicted octanol–water partition coefficient (Wildman–Crippen LogP) is 0.903. The van der Waals surface area contributed by atoms with Crippen molar-refractivity contribution >= 4 is 6.21 Å². The van der Waals surface area contributed by atoms with E-state index in [1.54, 1.807) is 0 Å². The highest BCUT2D eigenvalue weighted by Crippen LogP contribution is 2.13. The zero-order valence-electron chi connectivity index (χ0n) is 10.7. The Morgan fingerprint density at radius 1 is 1.44 bits per heavy atom. The molecule has 1 aliphatic heterocycles. The smallest absolute Gasteiger partial charge is 0.118 e. The first-order chi connectivity index (χ1) is 7.63. The van der Waals surface area contributed by atoms with E-state index in [4.69, 9.17) is 5.73 Å². The van der Waals surface area contributed by atoms with Crippen LogP contribution < -0.4 is 5.73 Å². The van der Waals surface area contributed by atoms with Crippen LogP contribution >= 0.6 is 0 Å². The lowest BCUT2D eigenvalue weighted by atomic mass is 10.0. The van der Waals surface area contributed by atoms with Gasteiger partial charge in [-0.3, -0.25) is 4.90 Å². The monoisotopic (exact) mass is 224 g/mol. The second kappa shape index (κ2) is 6.66. The minimum atomic E-state index is 0.600. The lowest BCUT2D eigenvalue weighted by Gasteiger charge is -2.34. The Morgan fingerprint density at radius 3 is 2.56 bits per heavy atom. The number of allylic oxidation sites excluding steroid dienone is 1. The fourth-order valence-electron chi connectivity index (χ4n) is 1.95. The Hall–Kier alpha value is -0.870. The van der Waals surface area contributed by atoms with Gasteiger partial charge in [0.2, 0.25) is 0 Å². The van der Waals surface area contributed by atoms with Crippen LogP contribution in [0.4, 0.5) is 0 Å². The molecule has 1 rings (SSSR count). The molecule has 0 amide bonds. The number of piperidine rings is 1. The summed E-state index contributed by atoms with van der Waals surface area (Å²) >= 11 is 0. The number of rotatable bonds is 4. The van der Waals surface area contributed by atoms with Crippen molar-refractivity contribution in [2.45, 2.75) is 25.8 Å². The summed E-state index contributed by atoms with van der Waals surface area (Å²) in [7, 11) is 4.32. The molecule has 4 heteroatoms. The van der Waals surface area contributed by atoms with Crippen LogP contribution in [0.2, 0.25) is 0 Å². The Bertz CT molecular complexity index is 250.